The topological polar surface area (TPSA) is 69.9 Å². The van der Waals surface area contributed by atoms with Gasteiger partial charge in [0.2, 0.25) is 0 Å². The van der Waals surface area contributed by atoms with Crippen LogP contribution in [0, 0.1) is 7.05 Å². The molecule has 0 aromatic carbocycles. The van der Waals surface area contributed by atoms with Crippen molar-refractivity contribution in [3.63, 3.8) is 0 Å². The van der Waals surface area contributed by atoms with Crippen LogP contribution in [0.2, 0.25) is 0 Å². The van der Waals surface area contributed by atoms with Gasteiger partial charge in [-0.1, -0.05) is 0 Å². The molecule has 88 valence electrons. The van der Waals surface area contributed by atoms with Gasteiger partial charge in [0.15, 0.2) is 0 Å². The van der Waals surface area contributed by atoms with Gasteiger partial charge in [-0.3, -0.25) is 11.9 Å². The second-order valence-corrected chi connectivity index (χ2v) is 5.72. The van der Waals surface area contributed by atoms with Crippen LogP contribution in [0.1, 0.15) is 0 Å². The first kappa shape index (κ1) is 11.3. The van der Waals surface area contributed by atoms with Crippen molar-refractivity contribution in [2.45, 2.75) is 6.04 Å². The minimum absolute atomic E-state index is 0.506. The second kappa shape index (κ2) is 3.99. The third kappa shape index (κ3) is 2.48. The molecular weight excluding hydrogens is 216 g/mol. The highest BCUT2D eigenvalue weighted by molar-refractivity contribution is 7.86. The Morgan fingerprint density at radius 2 is 1.67 bits per heavy atom. The zero-order chi connectivity index (χ0) is 11.1. The van der Waals surface area contributed by atoms with E-state index in [1.807, 2.05) is 4.90 Å². The van der Waals surface area contributed by atoms with Crippen LogP contribution in [-0.4, -0.2) is 67.8 Å². The molecule has 2 aliphatic heterocycles. The molecule has 0 aromatic rings. The van der Waals surface area contributed by atoms with Crippen molar-refractivity contribution in [3.8, 4) is 0 Å². The third-order valence-electron chi connectivity index (χ3n) is 3.09. The Balaban J connectivity index is 1.82. The summed E-state index contributed by atoms with van der Waals surface area (Å²) in [6.07, 6.45) is 0. The molecule has 0 aliphatic carbocycles. The highest BCUT2D eigenvalue weighted by atomic mass is 32.2. The number of likely N-dealkylation sites (tertiary alicyclic amines) is 1. The molecule has 0 saturated carbocycles. The van der Waals surface area contributed by atoms with E-state index in [1.54, 1.807) is 0 Å². The van der Waals surface area contributed by atoms with Gasteiger partial charge in [-0.15, -0.1) is 0 Å². The van der Waals surface area contributed by atoms with Gasteiger partial charge in [0, 0.05) is 32.2 Å². The van der Waals surface area contributed by atoms with Gasteiger partial charge in [0.1, 0.15) is 0 Å². The van der Waals surface area contributed by atoms with E-state index in [0.717, 1.165) is 26.2 Å². The van der Waals surface area contributed by atoms with Crippen LogP contribution in [0.3, 0.4) is 0 Å². The number of hydrogen-bond donors (Lipinski definition) is 1. The van der Waals surface area contributed by atoms with E-state index in [2.05, 4.69) is 11.9 Å². The molecule has 2 fully saturated rings. The summed E-state index contributed by atoms with van der Waals surface area (Å²) in [5.41, 5.74) is 0. The Morgan fingerprint density at radius 1 is 1.13 bits per heavy atom. The fourth-order valence-corrected chi connectivity index (χ4v) is 2.77. The van der Waals surface area contributed by atoms with Crippen LogP contribution >= 0.6 is 0 Å². The smallest absolute Gasteiger partial charge is 0.276 e. The van der Waals surface area contributed by atoms with Crippen molar-refractivity contribution in [3.05, 3.63) is 7.05 Å². The van der Waals surface area contributed by atoms with Crippen molar-refractivity contribution in [2.24, 2.45) is 5.14 Å². The molecule has 0 spiro atoms. The minimum Gasteiger partial charge on any atom is -0.457 e. The van der Waals surface area contributed by atoms with Gasteiger partial charge >= 0.3 is 0 Å². The maximum atomic E-state index is 11.1. The first-order valence-corrected chi connectivity index (χ1v) is 6.54. The first-order chi connectivity index (χ1) is 6.97. The van der Waals surface area contributed by atoms with Crippen molar-refractivity contribution < 1.29 is 8.42 Å². The third-order valence-corrected chi connectivity index (χ3v) is 4.17. The monoisotopic (exact) mass is 233 g/mol. The van der Waals surface area contributed by atoms with Gasteiger partial charge in [-0.25, -0.2) is 5.14 Å². The number of hydrogen-bond acceptors (Lipinski definition) is 4. The summed E-state index contributed by atoms with van der Waals surface area (Å²) in [6, 6.07) is 0.546. The second-order valence-electron chi connectivity index (χ2n) is 4.17. The molecule has 0 bridgehead atoms. The Morgan fingerprint density at radius 3 is 2.07 bits per heavy atom. The van der Waals surface area contributed by atoms with E-state index < -0.39 is 10.2 Å². The fraction of sp³-hybridized carbons (Fsp3) is 0.875. The summed E-state index contributed by atoms with van der Waals surface area (Å²) in [6.45, 7) is 4.52. The summed E-state index contributed by atoms with van der Waals surface area (Å²) in [5.74, 6) is 0. The summed E-state index contributed by atoms with van der Waals surface area (Å²) in [7, 11) is 0.333. The predicted octanol–water partition coefficient (Wildman–Crippen LogP) is -1.72. The molecule has 2 saturated heterocycles. The summed E-state index contributed by atoms with van der Waals surface area (Å²) in [4.78, 5) is 4.32. The van der Waals surface area contributed by atoms with E-state index in [0.29, 0.717) is 19.1 Å². The molecule has 2 N–H and O–H groups in total. The molecule has 6 nitrogen and oxygen atoms in total. The van der Waals surface area contributed by atoms with E-state index in [4.69, 9.17) is 5.14 Å². The van der Waals surface area contributed by atoms with Crippen LogP contribution in [0.5, 0.6) is 0 Å². The van der Waals surface area contributed by atoms with Crippen LogP contribution in [0.25, 0.3) is 0 Å². The molecule has 0 amide bonds. The quantitative estimate of drug-likeness (QED) is 0.576. The number of nitrogens with two attached hydrogens (primary N) is 1. The lowest BCUT2D eigenvalue weighted by molar-refractivity contribution is 0.0420. The molecule has 0 radical (unpaired) electrons. The molecule has 2 rings (SSSR count). The highest BCUT2D eigenvalue weighted by Gasteiger charge is 2.31. The van der Waals surface area contributed by atoms with Crippen LogP contribution < -0.4 is 5.14 Å². The summed E-state index contributed by atoms with van der Waals surface area (Å²) < 4.78 is 23.5. The maximum Gasteiger partial charge on any atom is 0.276 e. The largest absolute Gasteiger partial charge is 0.457 e. The van der Waals surface area contributed by atoms with Gasteiger partial charge in [0.05, 0.1) is 0 Å². The maximum absolute atomic E-state index is 11.1. The Bertz CT molecular complexity index is 318. The summed E-state index contributed by atoms with van der Waals surface area (Å²) >= 11 is 0. The zero-order valence-electron chi connectivity index (χ0n) is 8.67. The number of rotatable bonds is 2. The standard InChI is InChI=1S/C8H17N4O2S/c1-10-6-8(7-10)11-2-4-12(5-3-11)15(9,13)14/h8H,1-7H2,(H2,9,13,14)/q-1. The molecule has 7 heteroatoms. The lowest BCUT2D eigenvalue weighted by Gasteiger charge is -2.50. The van der Waals surface area contributed by atoms with E-state index in [9.17, 15) is 8.42 Å². The normalized spacial score (nSPS) is 27.9. The molecule has 2 aliphatic rings. The lowest BCUT2D eigenvalue weighted by atomic mass is 10.1. The average molecular weight is 233 g/mol. The summed E-state index contributed by atoms with van der Waals surface area (Å²) in [5, 5.41) is 5.06. The number of nitrogens with zero attached hydrogens (tertiary/aromatic N) is 3. The van der Waals surface area contributed by atoms with Gasteiger partial charge in [0.25, 0.3) is 10.2 Å². The molecule has 0 atom stereocenters. The molecule has 0 aromatic heterocycles. The van der Waals surface area contributed by atoms with Gasteiger partial charge in [-0.2, -0.15) is 12.7 Å². The van der Waals surface area contributed by atoms with Crippen LogP contribution in [0.15, 0.2) is 0 Å². The number of piperazine rings is 1. The Hall–Kier alpha value is -0.210. The van der Waals surface area contributed by atoms with Crippen LogP contribution in [-0.2, 0) is 10.2 Å². The van der Waals surface area contributed by atoms with Crippen molar-refractivity contribution >= 4 is 10.2 Å². The SMILES string of the molecule is [CH2-]N1CC(N2CCN(S(N)(=O)=O)CC2)C1. The predicted molar refractivity (Wildman–Crippen MR) is 57.0 cm³/mol. The molecule has 0 unspecified atom stereocenters. The molecule has 2 heterocycles. The fourth-order valence-electron chi connectivity index (χ4n) is 2.10. The Labute approximate surface area is 90.8 Å². The highest BCUT2D eigenvalue weighted by Crippen LogP contribution is 2.16. The molecular formula is C8H17N4O2S-. The van der Waals surface area contributed by atoms with Gasteiger partial charge in [-0.05, 0) is 13.1 Å². The van der Waals surface area contributed by atoms with Crippen molar-refractivity contribution in [2.75, 3.05) is 39.3 Å². The average Bonchev–Trinajstić information content (AvgIpc) is 2.12. The minimum atomic E-state index is -3.49. The Kier molecular flexibility index (Phi) is 3.00. The van der Waals surface area contributed by atoms with Crippen molar-refractivity contribution in [1.82, 2.24) is 14.1 Å². The first-order valence-electron chi connectivity index (χ1n) is 5.04. The molecule has 15 heavy (non-hydrogen) atoms. The van der Waals surface area contributed by atoms with Crippen molar-refractivity contribution in [1.29, 1.82) is 0 Å². The van der Waals surface area contributed by atoms with Gasteiger partial charge < -0.3 is 4.90 Å². The van der Waals surface area contributed by atoms with Crippen LogP contribution in [0.4, 0.5) is 0 Å². The zero-order valence-corrected chi connectivity index (χ0v) is 9.49. The van der Waals surface area contributed by atoms with E-state index in [1.165, 1.54) is 4.31 Å². The van der Waals surface area contributed by atoms with E-state index >= 15 is 0 Å². The van der Waals surface area contributed by atoms with E-state index in [-0.39, 0.29) is 0 Å². The lowest BCUT2D eigenvalue weighted by Crippen LogP contribution is -2.62.